The molecule has 60 valence electrons. The minimum atomic E-state index is 0.169. The predicted molar refractivity (Wildman–Crippen MR) is 43.0 cm³/mol. The van der Waals surface area contributed by atoms with Crippen LogP contribution < -0.4 is 0 Å². The molecule has 4 heteroatoms. The van der Waals surface area contributed by atoms with E-state index in [9.17, 15) is 4.79 Å². The highest BCUT2D eigenvalue weighted by Gasteiger charge is 2.09. The van der Waals surface area contributed by atoms with Gasteiger partial charge >= 0.3 is 0 Å². The lowest BCUT2D eigenvalue weighted by Gasteiger charge is -2.05. The van der Waals surface area contributed by atoms with E-state index in [0.29, 0.717) is 10.7 Å². The molecular formula is C7H9ClN2O. The van der Waals surface area contributed by atoms with Crippen molar-refractivity contribution < 1.29 is 4.79 Å². The van der Waals surface area contributed by atoms with Crippen molar-refractivity contribution in [2.45, 2.75) is 19.9 Å². The molecule has 0 unspecified atom stereocenters. The molecule has 1 aromatic heterocycles. The zero-order chi connectivity index (χ0) is 8.43. The van der Waals surface area contributed by atoms with Crippen LogP contribution in [-0.2, 0) is 0 Å². The minimum Gasteiger partial charge on any atom is -0.296 e. The molecule has 0 fully saturated rings. The van der Waals surface area contributed by atoms with Crippen molar-refractivity contribution in [1.82, 2.24) is 9.78 Å². The minimum absolute atomic E-state index is 0.169. The summed E-state index contributed by atoms with van der Waals surface area (Å²) in [6.07, 6.45) is 2.20. The average molecular weight is 173 g/mol. The van der Waals surface area contributed by atoms with E-state index in [1.165, 1.54) is 6.20 Å². The van der Waals surface area contributed by atoms with Gasteiger partial charge in [0.2, 0.25) is 0 Å². The molecule has 0 saturated heterocycles. The summed E-state index contributed by atoms with van der Waals surface area (Å²) >= 11 is 5.67. The van der Waals surface area contributed by atoms with Crippen LogP contribution in [0.3, 0.4) is 0 Å². The Balaban J connectivity index is 3.15. The Labute approximate surface area is 70.0 Å². The summed E-state index contributed by atoms with van der Waals surface area (Å²) in [5.74, 6) is 0. The number of aldehydes is 1. The summed E-state index contributed by atoms with van der Waals surface area (Å²) < 4.78 is 1.59. The Morgan fingerprint density at radius 1 is 1.73 bits per heavy atom. The molecule has 3 nitrogen and oxygen atoms in total. The molecule has 0 aliphatic carbocycles. The lowest BCUT2D eigenvalue weighted by molar-refractivity contribution is 0.111. The maximum absolute atomic E-state index is 10.5. The average Bonchev–Trinajstić information content (AvgIpc) is 2.30. The summed E-state index contributed by atoms with van der Waals surface area (Å²) in [6.45, 7) is 3.88. The van der Waals surface area contributed by atoms with Crippen molar-refractivity contribution in [2.75, 3.05) is 0 Å². The fourth-order valence-electron chi connectivity index (χ4n) is 0.872. The van der Waals surface area contributed by atoms with Gasteiger partial charge in [-0.1, -0.05) is 11.6 Å². The molecule has 0 radical (unpaired) electrons. The molecule has 1 rings (SSSR count). The smallest absolute Gasteiger partial charge is 0.169 e. The van der Waals surface area contributed by atoms with Gasteiger partial charge in [-0.2, -0.15) is 5.10 Å². The van der Waals surface area contributed by atoms with Crippen molar-refractivity contribution in [3.8, 4) is 0 Å². The maximum atomic E-state index is 10.5. The van der Waals surface area contributed by atoms with Crippen LogP contribution in [0, 0.1) is 0 Å². The fraction of sp³-hybridized carbons (Fsp3) is 0.429. The highest BCUT2D eigenvalue weighted by atomic mass is 35.5. The highest BCUT2D eigenvalue weighted by Crippen LogP contribution is 2.16. The van der Waals surface area contributed by atoms with Crippen molar-refractivity contribution in [3.05, 3.63) is 16.9 Å². The Hall–Kier alpha value is -0.830. The predicted octanol–water partition coefficient (Wildman–Crippen LogP) is 1.93. The standard InChI is InChI=1S/C7H9ClN2O/c1-5(2)10-7(4-11)6(8)3-9-10/h3-5H,1-2H3. The van der Waals surface area contributed by atoms with E-state index in [1.807, 2.05) is 13.8 Å². The molecule has 0 aromatic carbocycles. The molecule has 0 atom stereocenters. The van der Waals surface area contributed by atoms with Crippen LogP contribution in [-0.4, -0.2) is 16.1 Å². The second-order valence-corrected chi connectivity index (χ2v) is 2.94. The van der Waals surface area contributed by atoms with Gasteiger partial charge in [0.05, 0.1) is 11.2 Å². The zero-order valence-corrected chi connectivity index (χ0v) is 7.17. The van der Waals surface area contributed by atoms with Crippen LogP contribution in [0.1, 0.15) is 30.4 Å². The molecular weight excluding hydrogens is 164 g/mol. The summed E-state index contributed by atoms with van der Waals surface area (Å²) in [5.41, 5.74) is 0.446. The number of carbonyl (C=O) groups excluding carboxylic acids is 1. The van der Waals surface area contributed by atoms with E-state index in [0.717, 1.165) is 6.29 Å². The molecule has 0 aliphatic rings. The second kappa shape index (κ2) is 3.05. The molecule has 0 bridgehead atoms. The van der Waals surface area contributed by atoms with Crippen LogP contribution in [0.5, 0.6) is 0 Å². The fourth-order valence-corrected chi connectivity index (χ4v) is 1.05. The normalized spacial score (nSPS) is 10.5. The highest BCUT2D eigenvalue weighted by molar-refractivity contribution is 6.32. The van der Waals surface area contributed by atoms with Crippen LogP contribution in [0.2, 0.25) is 5.02 Å². The molecule has 1 aromatic rings. The third kappa shape index (κ3) is 1.43. The number of nitrogens with zero attached hydrogens (tertiary/aromatic N) is 2. The topological polar surface area (TPSA) is 34.9 Å². The van der Waals surface area contributed by atoms with E-state index in [4.69, 9.17) is 11.6 Å². The van der Waals surface area contributed by atoms with Crippen LogP contribution in [0.15, 0.2) is 6.20 Å². The Morgan fingerprint density at radius 3 is 2.73 bits per heavy atom. The first-order valence-corrected chi connectivity index (χ1v) is 3.72. The van der Waals surface area contributed by atoms with Crippen LogP contribution in [0.25, 0.3) is 0 Å². The van der Waals surface area contributed by atoms with Gasteiger partial charge in [0.25, 0.3) is 0 Å². The summed E-state index contributed by atoms with van der Waals surface area (Å²) in [7, 11) is 0. The molecule has 0 amide bonds. The van der Waals surface area contributed by atoms with Gasteiger partial charge in [0.15, 0.2) is 6.29 Å². The van der Waals surface area contributed by atoms with E-state index in [2.05, 4.69) is 5.10 Å². The third-order valence-corrected chi connectivity index (χ3v) is 1.68. The van der Waals surface area contributed by atoms with Crippen molar-refractivity contribution >= 4 is 17.9 Å². The molecule has 0 aliphatic heterocycles. The molecule has 0 saturated carbocycles. The Bertz CT molecular complexity index is 267. The number of rotatable bonds is 2. The van der Waals surface area contributed by atoms with Crippen molar-refractivity contribution in [1.29, 1.82) is 0 Å². The first kappa shape index (κ1) is 8.27. The monoisotopic (exact) mass is 172 g/mol. The van der Waals surface area contributed by atoms with Gasteiger partial charge in [-0.3, -0.25) is 9.48 Å². The lowest BCUT2D eigenvalue weighted by Crippen LogP contribution is -2.06. The van der Waals surface area contributed by atoms with Gasteiger partial charge < -0.3 is 0 Å². The SMILES string of the molecule is CC(C)n1ncc(Cl)c1C=O. The zero-order valence-electron chi connectivity index (χ0n) is 6.41. The second-order valence-electron chi connectivity index (χ2n) is 2.53. The van der Waals surface area contributed by atoms with E-state index < -0.39 is 0 Å². The number of aromatic nitrogens is 2. The quantitative estimate of drug-likeness (QED) is 0.639. The van der Waals surface area contributed by atoms with Crippen LogP contribution >= 0.6 is 11.6 Å². The molecule has 11 heavy (non-hydrogen) atoms. The third-order valence-electron chi connectivity index (χ3n) is 1.39. The first-order chi connectivity index (χ1) is 5.16. The van der Waals surface area contributed by atoms with Gasteiger partial charge in [0, 0.05) is 6.04 Å². The van der Waals surface area contributed by atoms with Crippen molar-refractivity contribution in [3.63, 3.8) is 0 Å². The Morgan fingerprint density at radius 2 is 2.36 bits per heavy atom. The molecule has 0 spiro atoms. The largest absolute Gasteiger partial charge is 0.296 e. The number of halogens is 1. The maximum Gasteiger partial charge on any atom is 0.169 e. The van der Waals surface area contributed by atoms with E-state index in [-0.39, 0.29) is 6.04 Å². The van der Waals surface area contributed by atoms with Crippen molar-refractivity contribution in [2.24, 2.45) is 0 Å². The van der Waals surface area contributed by atoms with Gasteiger partial charge in [0.1, 0.15) is 5.69 Å². The van der Waals surface area contributed by atoms with E-state index >= 15 is 0 Å². The number of hydrogen-bond donors (Lipinski definition) is 0. The van der Waals surface area contributed by atoms with E-state index in [1.54, 1.807) is 4.68 Å². The summed E-state index contributed by atoms with van der Waals surface area (Å²) in [4.78, 5) is 10.5. The van der Waals surface area contributed by atoms with Gasteiger partial charge in [-0.25, -0.2) is 0 Å². The first-order valence-electron chi connectivity index (χ1n) is 3.35. The van der Waals surface area contributed by atoms with Gasteiger partial charge in [-0.15, -0.1) is 0 Å². The number of carbonyl (C=O) groups is 1. The summed E-state index contributed by atoms with van der Waals surface area (Å²) in [5, 5.41) is 4.35. The molecule has 0 N–H and O–H groups in total. The Kier molecular flexibility index (Phi) is 2.29. The van der Waals surface area contributed by atoms with Crippen LogP contribution in [0.4, 0.5) is 0 Å². The number of hydrogen-bond acceptors (Lipinski definition) is 2. The lowest BCUT2D eigenvalue weighted by atomic mass is 10.4. The van der Waals surface area contributed by atoms with Gasteiger partial charge in [-0.05, 0) is 13.8 Å². The molecule has 1 heterocycles. The summed E-state index contributed by atoms with van der Waals surface area (Å²) in [6, 6.07) is 0.169.